The molecule has 1 amide bonds. The molecule has 1 unspecified atom stereocenters. The number of benzene rings is 1. The zero-order valence-corrected chi connectivity index (χ0v) is 24.1. The molecule has 220 valence electrons. The molecule has 2 aromatic heterocycles. The van der Waals surface area contributed by atoms with Crippen LogP contribution < -0.4 is 27.0 Å². The quantitative estimate of drug-likeness (QED) is 0.110. The summed E-state index contributed by atoms with van der Waals surface area (Å²) in [5, 5.41) is 3.24. The molecule has 0 fully saturated rings. The van der Waals surface area contributed by atoms with Gasteiger partial charge in [0.15, 0.2) is 17.8 Å². The van der Waals surface area contributed by atoms with Crippen molar-refractivity contribution < 1.29 is 23.5 Å². The molecule has 13 nitrogen and oxygen atoms in total. The average Bonchev–Trinajstić information content (AvgIpc) is 3.29. The van der Waals surface area contributed by atoms with Crippen LogP contribution in [-0.2, 0) is 27.1 Å². The van der Waals surface area contributed by atoms with Gasteiger partial charge in [-0.2, -0.15) is 9.97 Å². The van der Waals surface area contributed by atoms with E-state index in [4.69, 9.17) is 26.5 Å². The highest BCUT2D eigenvalue weighted by atomic mass is 31.2. The number of hydrogen-bond donors (Lipinski definition) is 5. The van der Waals surface area contributed by atoms with Crippen LogP contribution in [0.2, 0.25) is 0 Å². The highest BCUT2D eigenvalue weighted by molar-refractivity contribution is 7.53. The van der Waals surface area contributed by atoms with Crippen molar-refractivity contribution in [1.82, 2.24) is 24.8 Å². The van der Waals surface area contributed by atoms with E-state index in [0.29, 0.717) is 17.6 Å². The fraction of sp³-hybridized carbons (Fsp3) is 0.538. The summed E-state index contributed by atoms with van der Waals surface area (Å²) in [6, 6.07) is 6.15. The summed E-state index contributed by atoms with van der Waals surface area (Å²) in [5.74, 6) is -0.0110. The molecule has 0 saturated heterocycles. The van der Waals surface area contributed by atoms with Gasteiger partial charge in [0.2, 0.25) is 11.9 Å². The summed E-state index contributed by atoms with van der Waals surface area (Å²) in [6.45, 7) is 4.94. The van der Waals surface area contributed by atoms with Crippen LogP contribution >= 0.6 is 7.60 Å². The highest BCUT2D eigenvalue weighted by Crippen LogP contribution is 2.42. The van der Waals surface area contributed by atoms with Crippen molar-refractivity contribution in [3.8, 4) is 5.75 Å². The number of primary amides is 1. The number of aromatic nitrogens is 4. The maximum Gasteiger partial charge on any atom is 0.402 e. The van der Waals surface area contributed by atoms with Gasteiger partial charge in [-0.3, -0.25) is 4.79 Å². The minimum atomic E-state index is -4.11. The van der Waals surface area contributed by atoms with Crippen molar-refractivity contribution in [2.24, 2.45) is 5.73 Å². The first-order chi connectivity index (χ1) is 19.1. The van der Waals surface area contributed by atoms with Gasteiger partial charge in [0.25, 0.3) is 0 Å². The number of nitrogen functional groups attached to an aromatic ring is 2. The second kappa shape index (κ2) is 14.9. The fourth-order valence-corrected chi connectivity index (χ4v) is 5.18. The zero-order valence-electron chi connectivity index (χ0n) is 23.2. The van der Waals surface area contributed by atoms with Gasteiger partial charge >= 0.3 is 7.60 Å². The van der Waals surface area contributed by atoms with E-state index in [1.165, 1.54) is 32.0 Å². The third-order valence-corrected chi connectivity index (χ3v) is 7.33. The van der Waals surface area contributed by atoms with E-state index in [1.807, 2.05) is 0 Å². The van der Waals surface area contributed by atoms with Crippen LogP contribution in [-0.4, -0.2) is 55.4 Å². The summed E-state index contributed by atoms with van der Waals surface area (Å²) >= 11 is 0. The summed E-state index contributed by atoms with van der Waals surface area (Å²) < 4.78 is 25.2. The van der Waals surface area contributed by atoms with Crippen LogP contribution in [0.25, 0.3) is 11.2 Å². The minimum Gasteiger partial charge on any atom is -0.423 e. The van der Waals surface area contributed by atoms with Crippen molar-refractivity contribution in [2.45, 2.75) is 77.5 Å². The first kappa shape index (κ1) is 31.3. The molecule has 0 saturated carbocycles. The minimum absolute atomic E-state index is 0.0224. The molecule has 40 heavy (non-hydrogen) atoms. The van der Waals surface area contributed by atoms with Gasteiger partial charge in [-0.25, -0.2) is 9.55 Å². The number of unbranched alkanes of at least 4 members (excludes halogenated alkanes) is 5. The predicted molar refractivity (Wildman–Crippen MR) is 155 cm³/mol. The van der Waals surface area contributed by atoms with Crippen molar-refractivity contribution in [2.75, 3.05) is 24.4 Å². The number of hydrogen-bond acceptors (Lipinski definition) is 10. The van der Waals surface area contributed by atoms with E-state index in [-0.39, 0.29) is 24.1 Å². The molecular formula is C26H41N8O5P. The molecule has 0 aliphatic heterocycles. The van der Waals surface area contributed by atoms with Crippen molar-refractivity contribution in [3.05, 3.63) is 36.2 Å². The van der Waals surface area contributed by atoms with Crippen LogP contribution in [0.4, 0.5) is 11.8 Å². The molecule has 2 heterocycles. The second-order valence-corrected chi connectivity index (χ2v) is 11.6. The van der Waals surface area contributed by atoms with Crippen molar-refractivity contribution >= 4 is 36.4 Å². The predicted octanol–water partition coefficient (Wildman–Crippen LogP) is 2.96. The molecule has 3 atom stereocenters. The molecule has 0 bridgehead atoms. The summed E-state index contributed by atoms with van der Waals surface area (Å²) in [5.41, 5.74) is 18.8. The Morgan fingerprint density at radius 1 is 1.12 bits per heavy atom. The lowest BCUT2D eigenvalue weighted by Crippen LogP contribution is -2.43. The number of amides is 1. The number of imidazole rings is 1. The summed E-state index contributed by atoms with van der Waals surface area (Å²) in [4.78, 5) is 34.5. The maximum atomic E-state index is 12.6. The van der Waals surface area contributed by atoms with Gasteiger partial charge in [-0.05, 0) is 44.0 Å². The summed E-state index contributed by atoms with van der Waals surface area (Å²) in [6.07, 6.45) is 7.94. The monoisotopic (exact) mass is 576 g/mol. The van der Waals surface area contributed by atoms with Crippen LogP contribution in [0, 0.1) is 0 Å². The molecular weight excluding hydrogens is 535 g/mol. The van der Waals surface area contributed by atoms with Gasteiger partial charge < -0.3 is 41.2 Å². The van der Waals surface area contributed by atoms with E-state index >= 15 is 0 Å². The van der Waals surface area contributed by atoms with Crippen molar-refractivity contribution in [3.63, 3.8) is 0 Å². The Morgan fingerprint density at radius 3 is 2.52 bits per heavy atom. The highest BCUT2D eigenvalue weighted by Gasteiger charge is 2.24. The Bertz CT molecular complexity index is 1290. The Hall–Kier alpha value is -3.25. The third kappa shape index (κ3) is 9.74. The Morgan fingerprint density at radius 2 is 1.82 bits per heavy atom. The molecule has 8 N–H and O–H groups in total. The SMILES string of the molecule is CCCCCCCCN[C@@H](Cc1ccc(OP(=O)(O)CO[C@H](C)Cn2cnc3c(N)nc(N)nc32)cc1)C(N)=O. The number of ether oxygens (including phenoxy) is 1. The van der Waals surface area contributed by atoms with E-state index < -0.39 is 32.0 Å². The number of carbonyl (C=O) groups is 1. The van der Waals surface area contributed by atoms with Gasteiger partial charge in [-0.15, -0.1) is 0 Å². The number of nitrogens with two attached hydrogens (primary N) is 3. The lowest BCUT2D eigenvalue weighted by molar-refractivity contribution is -0.120. The van der Waals surface area contributed by atoms with Gasteiger partial charge in [-0.1, -0.05) is 51.2 Å². The number of fused-ring (bicyclic) bond motifs is 1. The molecule has 3 rings (SSSR count). The number of rotatable bonds is 18. The zero-order chi connectivity index (χ0) is 29.1. The summed E-state index contributed by atoms with van der Waals surface area (Å²) in [7, 11) is -4.11. The number of nitrogens with one attached hydrogen (secondary N) is 1. The topological polar surface area (TPSA) is 207 Å². The Balaban J connectivity index is 1.46. The third-order valence-electron chi connectivity index (χ3n) is 6.36. The van der Waals surface area contributed by atoms with Gasteiger partial charge in [0.05, 0.1) is 25.0 Å². The smallest absolute Gasteiger partial charge is 0.402 e. The van der Waals surface area contributed by atoms with E-state index in [0.717, 1.165) is 24.9 Å². The van der Waals surface area contributed by atoms with Crippen LogP contribution in [0.3, 0.4) is 0 Å². The maximum absolute atomic E-state index is 12.6. The van der Waals surface area contributed by atoms with E-state index in [9.17, 15) is 14.3 Å². The lowest BCUT2D eigenvalue weighted by Gasteiger charge is -2.18. The van der Waals surface area contributed by atoms with E-state index in [1.54, 1.807) is 35.8 Å². The Kier molecular flexibility index (Phi) is 11.7. The van der Waals surface area contributed by atoms with E-state index in [2.05, 4.69) is 27.2 Å². The average molecular weight is 577 g/mol. The molecule has 1 aromatic carbocycles. The van der Waals surface area contributed by atoms with Crippen LogP contribution in [0.5, 0.6) is 5.75 Å². The molecule has 0 radical (unpaired) electrons. The van der Waals surface area contributed by atoms with Crippen molar-refractivity contribution in [1.29, 1.82) is 0 Å². The number of nitrogens with zero attached hydrogens (tertiary/aromatic N) is 4. The molecule has 3 aromatic rings. The molecule has 14 heteroatoms. The number of carbonyl (C=O) groups excluding carboxylic acids is 1. The molecule has 0 aliphatic rings. The Labute approximate surface area is 234 Å². The fourth-order valence-electron chi connectivity index (χ4n) is 4.24. The normalized spacial score (nSPS) is 14.6. The number of anilines is 2. The standard InChI is InChI=1S/C26H41N8O5P/c1-3-4-5-6-7-8-13-30-21(24(28)35)14-19-9-11-20(12-10-19)39-40(36,37)17-38-18(2)15-34-16-31-22-23(27)32-26(29)33-25(22)34/h9-12,16,18,21,30H,3-8,13-15,17H2,1-2H3,(H2,28,35)(H,36,37)(H4,27,29,32,33)/t18-,21+/m1/s1. The van der Waals surface area contributed by atoms with Crippen LogP contribution in [0.1, 0.15) is 57.9 Å². The van der Waals surface area contributed by atoms with Gasteiger partial charge in [0.1, 0.15) is 11.3 Å². The largest absolute Gasteiger partial charge is 0.423 e. The molecule has 0 aliphatic carbocycles. The molecule has 0 spiro atoms. The lowest BCUT2D eigenvalue weighted by atomic mass is 10.0. The first-order valence-electron chi connectivity index (χ1n) is 13.6. The van der Waals surface area contributed by atoms with Gasteiger partial charge in [0, 0.05) is 0 Å². The first-order valence-corrected chi connectivity index (χ1v) is 15.3. The second-order valence-electron chi connectivity index (χ2n) is 9.90. The van der Waals surface area contributed by atoms with Crippen LogP contribution in [0.15, 0.2) is 30.6 Å².